The van der Waals surface area contributed by atoms with Crippen LogP contribution in [0.15, 0.2) is 0 Å². The Balaban J connectivity index is 2.02. The van der Waals surface area contributed by atoms with Crippen LogP contribution in [0.3, 0.4) is 0 Å². The average Bonchev–Trinajstić information content (AvgIpc) is 2.77. The first kappa shape index (κ1) is 17.1. The quantitative estimate of drug-likeness (QED) is 0.847. The molecular weight excluding hydrogens is 299 g/mol. The van der Waals surface area contributed by atoms with Gasteiger partial charge in [0.2, 0.25) is 11.8 Å². The summed E-state index contributed by atoms with van der Waals surface area (Å²) in [7, 11) is 0. The maximum Gasteiger partial charge on any atom is 0.406 e. The summed E-state index contributed by atoms with van der Waals surface area (Å²) >= 11 is 0. The number of carbonyl (C=O) groups excluding carboxylic acids is 2. The number of amides is 2. The zero-order valence-electron chi connectivity index (χ0n) is 12.6. The molecule has 8 heteroatoms. The Morgan fingerprint density at radius 3 is 2.68 bits per heavy atom. The van der Waals surface area contributed by atoms with Crippen LogP contribution in [0.4, 0.5) is 13.2 Å². The molecule has 0 unspecified atom stereocenters. The minimum Gasteiger partial charge on any atom is -0.338 e. The van der Waals surface area contributed by atoms with Crippen LogP contribution in [-0.2, 0) is 9.59 Å². The van der Waals surface area contributed by atoms with Crippen molar-refractivity contribution in [2.24, 2.45) is 11.7 Å². The molecular formula is C14H22F3N3O2. The largest absolute Gasteiger partial charge is 0.406 e. The van der Waals surface area contributed by atoms with Crippen LogP contribution < -0.4 is 5.73 Å². The highest BCUT2D eigenvalue weighted by molar-refractivity contribution is 5.89. The highest BCUT2D eigenvalue weighted by Crippen LogP contribution is 2.28. The molecule has 0 bridgehead atoms. The third-order valence-electron chi connectivity index (χ3n) is 4.37. The van der Waals surface area contributed by atoms with Crippen LogP contribution in [-0.4, -0.2) is 59.5 Å². The molecule has 2 rings (SSSR count). The van der Waals surface area contributed by atoms with Crippen molar-refractivity contribution in [2.75, 3.05) is 19.6 Å². The molecule has 5 nitrogen and oxygen atoms in total. The smallest absolute Gasteiger partial charge is 0.338 e. The van der Waals surface area contributed by atoms with Gasteiger partial charge in [-0.1, -0.05) is 0 Å². The van der Waals surface area contributed by atoms with E-state index in [1.807, 2.05) is 6.92 Å². The Bertz CT molecular complexity index is 440. The van der Waals surface area contributed by atoms with E-state index in [2.05, 4.69) is 0 Å². The summed E-state index contributed by atoms with van der Waals surface area (Å²) in [5.41, 5.74) is 5.91. The Morgan fingerprint density at radius 1 is 1.41 bits per heavy atom. The topological polar surface area (TPSA) is 66.6 Å². The summed E-state index contributed by atoms with van der Waals surface area (Å²) in [5.74, 6) is -1.53. The minimum atomic E-state index is -4.44. The Morgan fingerprint density at radius 2 is 2.09 bits per heavy atom. The van der Waals surface area contributed by atoms with Crippen LogP contribution in [0.25, 0.3) is 0 Å². The van der Waals surface area contributed by atoms with Gasteiger partial charge in [-0.2, -0.15) is 13.2 Å². The van der Waals surface area contributed by atoms with Crippen molar-refractivity contribution in [1.29, 1.82) is 0 Å². The van der Waals surface area contributed by atoms with Crippen molar-refractivity contribution in [1.82, 2.24) is 9.80 Å². The van der Waals surface area contributed by atoms with Gasteiger partial charge in [0.15, 0.2) is 0 Å². The van der Waals surface area contributed by atoms with E-state index in [-0.39, 0.29) is 31.0 Å². The fraction of sp³-hybridized carbons (Fsp3) is 0.857. The van der Waals surface area contributed by atoms with E-state index < -0.39 is 24.5 Å². The van der Waals surface area contributed by atoms with Gasteiger partial charge in [0.05, 0.1) is 5.92 Å². The number of alkyl halides is 3. The molecule has 0 radical (unpaired) electrons. The summed E-state index contributed by atoms with van der Waals surface area (Å²) < 4.78 is 37.3. The SMILES string of the molecule is C[C@H](N)[C@@H]1CCCCN1C(=O)[C@@H]1CC(=O)N(CC(F)(F)F)C1. The molecule has 2 fully saturated rings. The molecule has 22 heavy (non-hydrogen) atoms. The molecule has 0 saturated carbocycles. The van der Waals surface area contributed by atoms with Gasteiger partial charge in [0.1, 0.15) is 6.54 Å². The lowest BCUT2D eigenvalue weighted by Gasteiger charge is -2.39. The first-order valence-corrected chi connectivity index (χ1v) is 7.59. The van der Waals surface area contributed by atoms with Crippen LogP contribution >= 0.6 is 0 Å². The zero-order chi connectivity index (χ0) is 16.5. The number of hydrogen-bond acceptors (Lipinski definition) is 3. The van der Waals surface area contributed by atoms with Gasteiger partial charge in [0.25, 0.3) is 0 Å². The molecule has 2 N–H and O–H groups in total. The molecule has 2 aliphatic rings. The summed E-state index contributed by atoms with van der Waals surface area (Å²) in [6.07, 6.45) is -1.93. The third-order valence-corrected chi connectivity index (χ3v) is 4.37. The zero-order valence-corrected chi connectivity index (χ0v) is 12.6. The van der Waals surface area contributed by atoms with Crippen LogP contribution in [0.1, 0.15) is 32.6 Å². The van der Waals surface area contributed by atoms with E-state index in [1.165, 1.54) is 0 Å². The van der Waals surface area contributed by atoms with E-state index >= 15 is 0 Å². The van der Waals surface area contributed by atoms with Gasteiger partial charge in [-0.25, -0.2) is 0 Å². The monoisotopic (exact) mass is 321 g/mol. The number of piperidine rings is 1. The van der Waals surface area contributed by atoms with Crippen molar-refractivity contribution >= 4 is 11.8 Å². The average molecular weight is 321 g/mol. The van der Waals surface area contributed by atoms with Crippen LogP contribution in [0.2, 0.25) is 0 Å². The molecule has 2 saturated heterocycles. The van der Waals surface area contributed by atoms with E-state index in [1.54, 1.807) is 4.90 Å². The van der Waals surface area contributed by atoms with Gasteiger partial charge < -0.3 is 15.5 Å². The van der Waals surface area contributed by atoms with Crippen LogP contribution in [0, 0.1) is 5.92 Å². The first-order valence-electron chi connectivity index (χ1n) is 7.59. The Kier molecular flexibility index (Phi) is 4.99. The number of nitrogens with two attached hydrogens (primary N) is 1. The number of carbonyl (C=O) groups is 2. The van der Waals surface area contributed by atoms with Gasteiger partial charge in [-0.05, 0) is 26.2 Å². The lowest BCUT2D eigenvalue weighted by Crippen LogP contribution is -2.53. The number of likely N-dealkylation sites (tertiary alicyclic amines) is 2. The van der Waals surface area contributed by atoms with Gasteiger partial charge in [0, 0.05) is 31.6 Å². The molecule has 3 atom stereocenters. The second-order valence-corrected chi connectivity index (χ2v) is 6.24. The van der Waals surface area contributed by atoms with Crippen molar-refractivity contribution in [3.8, 4) is 0 Å². The molecule has 126 valence electrons. The van der Waals surface area contributed by atoms with Crippen LogP contribution in [0.5, 0.6) is 0 Å². The van der Waals surface area contributed by atoms with E-state index in [0.29, 0.717) is 6.54 Å². The molecule has 2 aliphatic heterocycles. The fourth-order valence-corrected chi connectivity index (χ4v) is 3.32. The van der Waals surface area contributed by atoms with E-state index in [4.69, 9.17) is 5.73 Å². The standard InChI is InChI=1S/C14H22F3N3O2/c1-9(18)11-4-2-3-5-20(11)13(22)10-6-12(21)19(7-10)8-14(15,16)17/h9-11H,2-8,18H2,1H3/t9-,10+,11-/m0/s1. The lowest BCUT2D eigenvalue weighted by molar-refractivity contribution is -0.157. The molecule has 2 amide bonds. The van der Waals surface area contributed by atoms with Crippen molar-refractivity contribution in [3.63, 3.8) is 0 Å². The number of hydrogen-bond donors (Lipinski definition) is 1. The van der Waals surface area contributed by atoms with E-state index in [0.717, 1.165) is 24.2 Å². The molecule has 0 spiro atoms. The Labute approximate surface area is 127 Å². The van der Waals surface area contributed by atoms with Gasteiger partial charge in [-0.3, -0.25) is 9.59 Å². The maximum atomic E-state index is 12.6. The summed E-state index contributed by atoms with van der Waals surface area (Å²) in [4.78, 5) is 26.7. The number of nitrogens with zero attached hydrogens (tertiary/aromatic N) is 2. The van der Waals surface area contributed by atoms with Crippen molar-refractivity contribution in [3.05, 3.63) is 0 Å². The maximum absolute atomic E-state index is 12.6. The molecule has 0 aromatic carbocycles. The normalized spacial score (nSPS) is 28.1. The third kappa shape index (κ3) is 3.91. The fourth-order valence-electron chi connectivity index (χ4n) is 3.32. The predicted octanol–water partition coefficient (Wildman–Crippen LogP) is 1.13. The number of halogens is 3. The second kappa shape index (κ2) is 6.44. The lowest BCUT2D eigenvalue weighted by atomic mass is 9.94. The van der Waals surface area contributed by atoms with Crippen molar-refractivity contribution < 1.29 is 22.8 Å². The second-order valence-electron chi connectivity index (χ2n) is 6.24. The molecule has 0 aliphatic carbocycles. The Hall–Kier alpha value is -1.31. The molecule has 0 aromatic rings. The number of rotatable bonds is 3. The first-order chi connectivity index (χ1) is 10.2. The summed E-state index contributed by atoms with van der Waals surface area (Å²) in [6, 6.07) is -0.277. The highest BCUT2D eigenvalue weighted by atomic mass is 19.4. The summed E-state index contributed by atoms with van der Waals surface area (Å²) in [6.45, 7) is 0.951. The predicted molar refractivity (Wildman–Crippen MR) is 73.7 cm³/mol. The van der Waals surface area contributed by atoms with Gasteiger partial charge >= 0.3 is 6.18 Å². The molecule has 0 aromatic heterocycles. The minimum absolute atomic E-state index is 0.0898. The van der Waals surface area contributed by atoms with Crippen molar-refractivity contribution in [2.45, 2.75) is 50.9 Å². The van der Waals surface area contributed by atoms with E-state index in [9.17, 15) is 22.8 Å². The molecule has 2 heterocycles. The van der Waals surface area contributed by atoms with Gasteiger partial charge in [-0.15, -0.1) is 0 Å². The summed E-state index contributed by atoms with van der Waals surface area (Å²) in [5, 5.41) is 0. The highest BCUT2D eigenvalue weighted by Gasteiger charge is 2.43.